The van der Waals surface area contributed by atoms with Gasteiger partial charge in [-0.25, -0.2) is 9.07 Å². The molecule has 0 atom stereocenters. The molecule has 1 N–H and O–H groups in total. The van der Waals surface area contributed by atoms with Gasteiger partial charge in [-0.15, -0.1) is 0 Å². The van der Waals surface area contributed by atoms with Gasteiger partial charge in [0.25, 0.3) is 5.91 Å². The third kappa shape index (κ3) is 3.24. The maximum absolute atomic E-state index is 13.6. The second-order valence-electron chi connectivity index (χ2n) is 6.88. The van der Waals surface area contributed by atoms with E-state index >= 15 is 0 Å². The Balaban J connectivity index is 1.55. The van der Waals surface area contributed by atoms with Crippen LogP contribution in [0.5, 0.6) is 0 Å². The molecule has 1 amide bonds. The number of hydrogen-bond donors (Lipinski definition) is 1. The van der Waals surface area contributed by atoms with Crippen LogP contribution >= 0.6 is 0 Å². The van der Waals surface area contributed by atoms with Crippen molar-refractivity contribution in [1.29, 1.82) is 0 Å². The maximum Gasteiger partial charge on any atom is 0.272 e. The molecule has 1 aromatic heterocycles. The molecule has 1 fully saturated rings. The molecule has 1 saturated heterocycles. The molecular formula is C19H23FN4O2. The molecule has 6 nitrogen and oxygen atoms in total. The number of fused-ring (bicyclic) bond motifs is 1. The van der Waals surface area contributed by atoms with Crippen molar-refractivity contribution >= 4 is 5.91 Å². The van der Waals surface area contributed by atoms with E-state index in [-0.39, 0.29) is 17.8 Å². The topological polar surface area (TPSA) is 59.4 Å². The van der Waals surface area contributed by atoms with Crippen LogP contribution in [0.2, 0.25) is 0 Å². The predicted molar refractivity (Wildman–Crippen MR) is 94.6 cm³/mol. The van der Waals surface area contributed by atoms with Gasteiger partial charge in [0.05, 0.1) is 12.8 Å². The number of hydroxylamine groups is 2. The lowest BCUT2D eigenvalue weighted by atomic mass is 10.1. The zero-order valence-electron chi connectivity index (χ0n) is 14.9. The number of nitrogens with zero attached hydrogens (tertiary/aromatic N) is 3. The molecule has 1 aliphatic carbocycles. The first kappa shape index (κ1) is 17.2. The van der Waals surface area contributed by atoms with Gasteiger partial charge in [-0.3, -0.25) is 4.79 Å². The first-order valence-corrected chi connectivity index (χ1v) is 9.12. The van der Waals surface area contributed by atoms with E-state index in [1.807, 2.05) is 11.1 Å². The average Bonchev–Trinajstić information content (AvgIpc) is 3.24. The zero-order chi connectivity index (χ0) is 18.1. The van der Waals surface area contributed by atoms with E-state index in [2.05, 4.69) is 10.4 Å². The Morgan fingerprint density at radius 1 is 1.31 bits per heavy atom. The highest BCUT2D eigenvalue weighted by Crippen LogP contribution is 2.28. The summed E-state index contributed by atoms with van der Waals surface area (Å²) in [6, 6.07) is 6.47. The van der Waals surface area contributed by atoms with Crippen LogP contribution in [0.25, 0.3) is 5.69 Å². The normalized spacial score (nSPS) is 18.1. The third-order valence-electron chi connectivity index (χ3n) is 5.25. The molecule has 138 valence electrons. The predicted octanol–water partition coefficient (Wildman–Crippen LogP) is 2.26. The number of carbonyl (C=O) groups is 1. The summed E-state index contributed by atoms with van der Waals surface area (Å²) in [6.45, 7) is 1.61. The van der Waals surface area contributed by atoms with Crippen LogP contribution in [-0.4, -0.2) is 47.0 Å². The number of hydrogen-bond acceptors (Lipinski definition) is 4. The number of aromatic nitrogens is 2. The fraction of sp³-hybridized carbons (Fsp3) is 0.474. The Kier molecular flexibility index (Phi) is 4.74. The van der Waals surface area contributed by atoms with Crippen molar-refractivity contribution in [3.63, 3.8) is 0 Å². The largest absolute Gasteiger partial charge is 0.348 e. The second-order valence-corrected chi connectivity index (χ2v) is 6.88. The molecule has 0 saturated carbocycles. The molecule has 0 spiro atoms. The molecule has 0 radical (unpaired) electrons. The van der Waals surface area contributed by atoms with Crippen molar-refractivity contribution in [3.8, 4) is 5.69 Å². The van der Waals surface area contributed by atoms with E-state index in [1.165, 1.54) is 12.1 Å². The number of carbonyl (C=O) groups excluding carboxylic acids is 1. The van der Waals surface area contributed by atoms with E-state index in [1.54, 1.807) is 17.9 Å². The standard InChI is InChI=1S/C19H23FN4O2/c1-26-23-10-8-14(9-11-23)21-19(25)18-16-6-3-7-17(16)24(22-18)15-5-2-4-13(20)12-15/h2,4-5,12,14H,3,6-11H2,1H3,(H,21,25). The Hall–Kier alpha value is -2.25. The van der Waals surface area contributed by atoms with Crippen molar-refractivity contribution in [2.75, 3.05) is 20.2 Å². The molecule has 1 aromatic carbocycles. The summed E-state index contributed by atoms with van der Waals surface area (Å²) >= 11 is 0. The SMILES string of the molecule is CON1CCC(NC(=O)c2nn(-c3cccc(F)c3)c3c2CCC3)CC1. The molecular weight excluding hydrogens is 335 g/mol. The Labute approximate surface area is 151 Å². The van der Waals surface area contributed by atoms with Crippen molar-refractivity contribution in [2.24, 2.45) is 0 Å². The summed E-state index contributed by atoms with van der Waals surface area (Å²) in [7, 11) is 1.67. The van der Waals surface area contributed by atoms with Crippen LogP contribution in [0.4, 0.5) is 4.39 Å². The van der Waals surface area contributed by atoms with Gasteiger partial charge in [0, 0.05) is 30.4 Å². The van der Waals surface area contributed by atoms with Gasteiger partial charge in [0.1, 0.15) is 5.82 Å². The van der Waals surface area contributed by atoms with Gasteiger partial charge < -0.3 is 10.2 Å². The average molecular weight is 358 g/mol. The second kappa shape index (κ2) is 7.17. The highest BCUT2D eigenvalue weighted by molar-refractivity contribution is 5.94. The van der Waals surface area contributed by atoms with Crippen LogP contribution < -0.4 is 5.32 Å². The van der Waals surface area contributed by atoms with Crippen LogP contribution in [0.15, 0.2) is 24.3 Å². The monoisotopic (exact) mass is 358 g/mol. The van der Waals surface area contributed by atoms with Gasteiger partial charge in [-0.1, -0.05) is 6.07 Å². The van der Waals surface area contributed by atoms with E-state index in [4.69, 9.17) is 4.84 Å². The summed E-state index contributed by atoms with van der Waals surface area (Å²) in [6.07, 6.45) is 4.40. The van der Waals surface area contributed by atoms with Crippen molar-refractivity contribution in [1.82, 2.24) is 20.2 Å². The van der Waals surface area contributed by atoms with Gasteiger partial charge in [0.2, 0.25) is 0 Å². The van der Waals surface area contributed by atoms with E-state index in [0.717, 1.165) is 56.5 Å². The molecule has 0 bridgehead atoms. The summed E-state index contributed by atoms with van der Waals surface area (Å²) in [5.74, 6) is -0.435. The van der Waals surface area contributed by atoms with Crippen LogP contribution in [0.1, 0.15) is 41.0 Å². The first-order valence-electron chi connectivity index (χ1n) is 9.12. The molecule has 26 heavy (non-hydrogen) atoms. The first-order chi connectivity index (χ1) is 12.7. The lowest BCUT2D eigenvalue weighted by Gasteiger charge is -2.30. The maximum atomic E-state index is 13.6. The van der Waals surface area contributed by atoms with Crippen molar-refractivity contribution in [3.05, 3.63) is 47.0 Å². The van der Waals surface area contributed by atoms with Crippen LogP contribution in [0, 0.1) is 5.82 Å². The Bertz CT molecular complexity index is 812. The van der Waals surface area contributed by atoms with E-state index in [9.17, 15) is 9.18 Å². The number of nitrogens with one attached hydrogen (secondary N) is 1. The van der Waals surface area contributed by atoms with Gasteiger partial charge in [-0.2, -0.15) is 10.2 Å². The minimum atomic E-state index is -0.305. The number of amides is 1. The Morgan fingerprint density at radius 3 is 2.85 bits per heavy atom. The smallest absolute Gasteiger partial charge is 0.272 e. The molecule has 4 rings (SSSR count). The third-order valence-corrected chi connectivity index (χ3v) is 5.25. The molecule has 0 unspecified atom stereocenters. The number of halogens is 1. The molecule has 2 heterocycles. The van der Waals surface area contributed by atoms with Gasteiger partial charge in [-0.05, 0) is 50.3 Å². The lowest BCUT2D eigenvalue weighted by molar-refractivity contribution is -0.144. The zero-order valence-corrected chi connectivity index (χ0v) is 14.9. The fourth-order valence-corrected chi connectivity index (χ4v) is 3.88. The summed E-state index contributed by atoms with van der Waals surface area (Å²) < 4.78 is 15.3. The lowest BCUT2D eigenvalue weighted by Crippen LogP contribution is -2.44. The number of rotatable bonds is 4. The summed E-state index contributed by atoms with van der Waals surface area (Å²) in [5, 5.41) is 9.56. The molecule has 7 heteroatoms. The van der Waals surface area contributed by atoms with Crippen LogP contribution in [-0.2, 0) is 17.7 Å². The quantitative estimate of drug-likeness (QED) is 0.911. The van der Waals surface area contributed by atoms with E-state index < -0.39 is 0 Å². The Morgan fingerprint density at radius 2 is 2.12 bits per heavy atom. The molecule has 2 aromatic rings. The van der Waals surface area contributed by atoms with Gasteiger partial charge >= 0.3 is 0 Å². The molecule has 2 aliphatic rings. The minimum Gasteiger partial charge on any atom is -0.348 e. The summed E-state index contributed by atoms with van der Waals surface area (Å²) in [5.41, 5.74) is 3.17. The number of benzene rings is 1. The van der Waals surface area contributed by atoms with Crippen molar-refractivity contribution < 1.29 is 14.0 Å². The van der Waals surface area contributed by atoms with Crippen molar-refractivity contribution in [2.45, 2.75) is 38.1 Å². The number of piperidine rings is 1. The summed E-state index contributed by atoms with van der Waals surface area (Å²) in [4.78, 5) is 18.1. The highest BCUT2D eigenvalue weighted by atomic mass is 19.1. The van der Waals surface area contributed by atoms with Crippen LogP contribution in [0.3, 0.4) is 0 Å². The fourth-order valence-electron chi connectivity index (χ4n) is 3.88. The molecule has 1 aliphatic heterocycles. The van der Waals surface area contributed by atoms with E-state index in [0.29, 0.717) is 11.4 Å². The highest BCUT2D eigenvalue weighted by Gasteiger charge is 2.29. The van der Waals surface area contributed by atoms with Gasteiger partial charge in [0.15, 0.2) is 5.69 Å². The minimum absolute atomic E-state index is 0.130.